The first kappa shape index (κ1) is 16.0. The number of ether oxygens (including phenoxy) is 1. The Labute approximate surface area is 129 Å². The van der Waals surface area contributed by atoms with E-state index in [0.29, 0.717) is 12.4 Å². The second kappa shape index (κ2) is 8.17. The van der Waals surface area contributed by atoms with Gasteiger partial charge in [0.1, 0.15) is 5.75 Å². The van der Waals surface area contributed by atoms with Gasteiger partial charge in [-0.25, -0.2) is 5.43 Å². The Hall–Kier alpha value is -2.37. The molecule has 1 saturated carbocycles. The summed E-state index contributed by atoms with van der Waals surface area (Å²) in [4.78, 5) is 23.4. The molecule has 0 bridgehead atoms. The molecule has 0 spiro atoms. The Morgan fingerprint density at radius 3 is 2.73 bits per heavy atom. The lowest BCUT2D eigenvalue weighted by Crippen LogP contribution is -2.42. The van der Waals surface area contributed by atoms with E-state index in [4.69, 9.17) is 4.74 Å². The smallest absolute Gasteiger partial charge is 0.329 e. The lowest BCUT2D eigenvalue weighted by Gasteiger charge is -2.10. The summed E-state index contributed by atoms with van der Waals surface area (Å²) in [5.41, 5.74) is 2.97. The van der Waals surface area contributed by atoms with E-state index in [2.05, 4.69) is 15.8 Å². The fourth-order valence-electron chi connectivity index (χ4n) is 2.41. The van der Waals surface area contributed by atoms with Gasteiger partial charge in [0.05, 0.1) is 12.8 Å². The van der Waals surface area contributed by atoms with Gasteiger partial charge in [-0.15, -0.1) is 0 Å². The van der Waals surface area contributed by atoms with Gasteiger partial charge >= 0.3 is 11.8 Å². The fraction of sp³-hybridized carbons (Fsp3) is 0.438. The predicted molar refractivity (Wildman–Crippen MR) is 83.7 cm³/mol. The summed E-state index contributed by atoms with van der Waals surface area (Å²) in [6.07, 6.45) is 5.53. The van der Waals surface area contributed by atoms with Crippen molar-refractivity contribution in [2.24, 2.45) is 5.10 Å². The number of hydrogen-bond donors (Lipinski definition) is 2. The maximum Gasteiger partial charge on any atom is 0.329 e. The minimum Gasteiger partial charge on any atom is -0.493 e. The highest BCUT2D eigenvalue weighted by atomic mass is 16.5. The molecule has 0 aliphatic heterocycles. The van der Waals surface area contributed by atoms with Crippen molar-refractivity contribution in [1.29, 1.82) is 0 Å². The van der Waals surface area contributed by atoms with Crippen molar-refractivity contribution < 1.29 is 14.3 Å². The van der Waals surface area contributed by atoms with Crippen LogP contribution in [0.2, 0.25) is 0 Å². The van der Waals surface area contributed by atoms with Crippen molar-refractivity contribution in [3.05, 3.63) is 29.8 Å². The summed E-state index contributed by atoms with van der Waals surface area (Å²) < 4.78 is 5.45. The van der Waals surface area contributed by atoms with Crippen LogP contribution < -0.4 is 15.5 Å². The molecule has 0 saturated heterocycles. The largest absolute Gasteiger partial charge is 0.493 e. The number of amides is 2. The number of rotatable bonds is 5. The number of benzene rings is 1. The van der Waals surface area contributed by atoms with E-state index in [1.54, 1.807) is 0 Å². The molecule has 1 fully saturated rings. The van der Waals surface area contributed by atoms with Gasteiger partial charge in [0.15, 0.2) is 0 Å². The molecule has 0 atom stereocenters. The van der Waals surface area contributed by atoms with Crippen LogP contribution in [0.25, 0.3) is 0 Å². The first-order valence-electron chi connectivity index (χ1n) is 7.56. The number of hydrazone groups is 1. The lowest BCUT2D eigenvalue weighted by atomic mass is 10.2. The van der Waals surface area contributed by atoms with Crippen LogP contribution >= 0.6 is 0 Å². The zero-order valence-corrected chi connectivity index (χ0v) is 12.7. The number of carbonyl (C=O) groups is 2. The Bertz CT molecular complexity index is 551. The molecule has 0 radical (unpaired) electrons. The van der Waals surface area contributed by atoms with Crippen LogP contribution in [-0.2, 0) is 9.59 Å². The zero-order valence-electron chi connectivity index (χ0n) is 12.7. The third kappa shape index (κ3) is 4.58. The van der Waals surface area contributed by atoms with Gasteiger partial charge in [-0.05, 0) is 31.9 Å². The monoisotopic (exact) mass is 303 g/mol. The van der Waals surface area contributed by atoms with Gasteiger partial charge in [-0.2, -0.15) is 5.10 Å². The molecule has 2 amide bonds. The number of nitrogens with one attached hydrogen (secondary N) is 2. The van der Waals surface area contributed by atoms with E-state index in [9.17, 15) is 9.59 Å². The fourth-order valence-corrected chi connectivity index (χ4v) is 2.41. The number of carbonyl (C=O) groups excluding carboxylic acids is 2. The minimum absolute atomic E-state index is 0.112. The highest BCUT2D eigenvalue weighted by Gasteiger charge is 2.20. The van der Waals surface area contributed by atoms with Crippen molar-refractivity contribution >= 4 is 18.0 Å². The Morgan fingerprint density at radius 1 is 1.27 bits per heavy atom. The highest BCUT2D eigenvalue weighted by Crippen LogP contribution is 2.17. The molecule has 0 aromatic heterocycles. The average Bonchev–Trinajstić information content (AvgIpc) is 3.02. The first-order valence-corrected chi connectivity index (χ1v) is 7.56. The van der Waals surface area contributed by atoms with Crippen LogP contribution in [0.15, 0.2) is 29.4 Å². The van der Waals surface area contributed by atoms with Crippen LogP contribution in [0.5, 0.6) is 5.75 Å². The summed E-state index contributed by atoms with van der Waals surface area (Å²) in [6.45, 7) is 2.43. The molecule has 2 rings (SSSR count). The van der Waals surface area contributed by atoms with E-state index in [-0.39, 0.29) is 6.04 Å². The van der Waals surface area contributed by atoms with Crippen molar-refractivity contribution in [1.82, 2.24) is 10.7 Å². The molecule has 0 unspecified atom stereocenters. The van der Waals surface area contributed by atoms with E-state index >= 15 is 0 Å². The highest BCUT2D eigenvalue weighted by molar-refractivity contribution is 6.35. The van der Waals surface area contributed by atoms with E-state index in [1.807, 2.05) is 31.2 Å². The lowest BCUT2D eigenvalue weighted by molar-refractivity contribution is -0.139. The molecule has 1 aliphatic carbocycles. The van der Waals surface area contributed by atoms with Gasteiger partial charge in [0.2, 0.25) is 0 Å². The quantitative estimate of drug-likeness (QED) is 0.492. The molecule has 22 heavy (non-hydrogen) atoms. The maximum absolute atomic E-state index is 11.7. The van der Waals surface area contributed by atoms with Crippen LogP contribution in [0.4, 0.5) is 0 Å². The second-order valence-corrected chi connectivity index (χ2v) is 5.12. The van der Waals surface area contributed by atoms with Crippen LogP contribution in [0.1, 0.15) is 38.2 Å². The van der Waals surface area contributed by atoms with Crippen LogP contribution in [0, 0.1) is 0 Å². The van der Waals surface area contributed by atoms with Crippen molar-refractivity contribution in [3.63, 3.8) is 0 Å². The SMILES string of the molecule is CCOc1ccccc1/C=N\NC(=O)C(=O)NC1CCCC1. The molecule has 118 valence electrons. The molecule has 1 aromatic rings. The molecule has 6 heteroatoms. The maximum atomic E-state index is 11.7. The molecule has 2 N–H and O–H groups in total. The minimum atomic E-state index is -0.753. The van der Waals surface area contributed by atoms with E-state index < -0.39 is 11.8 Å². The van der Waals surface area contributed by atoms with Crippen LogP contribution in [0.3, 0.4) is 0 Å². The second-order valence-electron chi connectivity index (χ2n) is 5.12. The Kier molecular flexibility index (Phi) is 5.94. The molecule has 1 aromatic carbocycles. The van der Waals surface area contributed by atoms with Crippen molar-refractivity contribution in [2.75, 3.05) is 6.61 Å². The standard InChI is InChI=1S/C16H21N3O3/c1-2-22-14-10-6-3-7-12(14)11-17-19-16(21)15(20)18-13-8-4-5-9-13/h3,6-7,10-11,13H,2,4-5,8-9H2,1H3,(H,18,20)(H,19,21)/b17-11-. The third-order valence-electron chi connectivity index (χ3n) is 3.49. The molecular weight excluding hydrogens is 282 g/mol. The predicted octanol–water partition coefficient (Wildman–Crippen LogP) is 1.59. The Balaban J connectivity index is 1.86. The van der Waals surface area contributed by atoms with Crippen molar-refractivity contribution in [3.8, 4) is 5.75 Å². The van der Waals surface area contributed by atoms with Gasteiger partial charge in [0, 0.05) is 11.6 Å². The molecule has 1 aliphatic rings. The summed E-state index contributed by atoms with van der Waals surface area (Å²) >= 11 is 0. The third-order valence-corrected chi connectivity index (χ3v) is 3.49. The Morgan fingerprint density at radius 2 is 2.00 bits per heavy atom. The van der Waals surface area contributed by atoms with E-state index in [1.165, 1.54) is 6.21 Å². The van der Waals surface area contributed by atoms with Crippen molar-refractivity contribution in [2.45, 2.75) is 38.6 Å². The molecule has 0 heterocycles. The van der Waals surface area contributed by atoms with E-state index in [0.717, 1.165) is 31.2 Å². The normalized spacial score (nSPS) is 15.0. The van der Waals surface area contributed by atoms with Gasteiger partial charge in [-0.1, -0.05) is 25.0 Å². The van der Waals surface area contributed by atoms with Gasteiger partial charge < -0.3 is 10.1 Å². The van der Waals surface area contributed by atoms with Gasteiger partial charge in [-0.3, -0.25) is 9.59 Å². The summed E-state index contributed by atoms with van der Waals surface area (Å²) in [5, 5.41) is 6.52. The molecule has 6 nitrogen and oxygen atoms in total. The zero-order chi connectivity index (χ0) is 15.8. The molecular formula is C16H21N3O3. The average molecular weight is 303 g/mol. The summed E-state index contributed by atoms with van der Waals surface area (Å²) in [7, 11) is 0. The number of hydrogen-bond acceptors (Lipinski definition) is 4. The number of nitrogens with zero attached hydrogens (tertiary/aromatic N) is 1. The van der Waals surface area contributed by atoms with Gasteiger partial charge in [0.25, 0.3) is 0 Å². The van der Waals surface area contributed by atoms with Crippen LogP contribution in [-0.4, -0.2) is 30.7 Å². The first-order chi connectivity index (χ1) is 10.7. The summed E-state index contributed by atoms with van der Waals surface area (Å²) in [5.74, 6) is -0.711. The summed E-state index contributed by atoms with van der Waals surface area (Å²) in [6, 6.07) is 7.45. The number of para-hydroxylation sites is 1. The topological polar surface area (TPSA) is 79.8 Å².